The molecular weight excluding hydrogens is 488 g/mol. The molecule has 1 aromatic heterocycles. The van der Waals surface area contributed by atoms with Crippen molar-refractivity contribution in [2.24, 2.45) is 0 Å². The van der Waals surface area contributed by atoms with Crippen LogP contribution in [0.5, 0.6) is 11.5 Å². The Bertz CT molecular complexity index is 1310. The summed E-state index contributed by atoms with van der Waals surface area (Å²) in [5.41, 5.74) is 2.77. The summed E-state index contributed by atoms with van der Waals surface area (Å²) in [7, 11) is 3.22. The monoisotopic (exact) mass is 516 g/mol. The highest BCUT2D eigenvalue weighted by Gasteiger charge is 2.17. The number of aromatic nitrogens is 2. The number of benzene rings is 3. The maximum atomic E-state index is 13.2. The SMILES string of the molecule is COc1ccc(CC(=O)N(CCC(=O)Nc2nnc(-c3ccc(OC)cc3)s2)Cc2ccccc2)cc1. The molecule has 0 atom stereocenters. The lowest BCUT2D eigenvalue weighted by atomic mass is 10.1. The fourth-order valence-corrected chi connectivity index (χ4v) is 4.43. The van der Waals surface area contributed by atoms with Crippen LogP contribution in [0.15, 0.2) is 78.9 Å². The largest absolute Gasteiger partial charge is 0.497 e. The molecule has 37 heavy (non-hydrogen) atoms. The summed E-state index contributed by atoms with van der Waals surface area (Å²) < 4.78 is 10.4. The molecule has 0 saturated carbocycles. The third-order valence-electron chi connectivity index (χ3n) is 5.70. The minimum Gasteiger partial charge on any atom is -0.497 e. The maximum absolute atomic E-state index is 13.2. The lowest BCUT2D eigenvalue weighted by Crippen LogP contribution is -2.34. The molecule has 0 aliphatic heterocycles. The molecule has 3 aromatic carbocycles. The fraction of sp³-hybridized carbons (Fsp3) is 0.214. The van der Waals surface area contributed by atoms with E-state index in [-0.39, 0.29) is 31.2 Å². The molecule has 1 N–H and O–H groups in total. The van der Waals surface area contributed by atoms with Gasteiger partial charge >= 0.3 is 0 Å². The number of amides is 2. The molecule has 0 spiro atoms. The number of anilines is 1. The van der Waals surface area contributed by atoms with Gasteiger partial charge in [0.2, 0.25) is 16.9 Å². The highest BCUT2D eigenvalue weighted by Crippen LogP contribution is 2.27. The zero-order chi connectivity index (χ0) is 26.0. The average molecular weight is 517 g/mol. The van der Waals surface area contributed by atoms with Gasteiger partial charge in [-0.05, 0) is 47.5 Å². The van der Waals surface area contributed by atoms with Crippen LogP contribution in [0.2, 0.25) is 0 Å². The van der Waals surface area contributed by atoms with E-state index in [2.05, 4.69) is 15.5 Å². The summed E-state index contributed by atoms with van der Waals surface area (Å²) in [6.07, 6.45) is 0.374. The minimum absolute atomic E-state index is 0.0560. The Labute approximate surface area is 219 Å². The van der Waals surface area contributed by atoms with Gasteiger partial charge in [-0.3, -0.25) is 9.59 Å². The Balaban J connectivity index is 1.37. The van der Waals surface area contributed by atoms with Gasteiger partial charge in [-0.1, -0.05) is 53.8 Å². The minimum atomic E-state index is -0.229. The molecule has 0 saturated heterocycles. The second-order valence-electron chi connectivity index (χ2n) is 8.26. The zero-order valence-corrected chi connectivity index (χ0v) is 21.5. The zero-order valence-electron chi connectivity index (χ0n) is 20.7. The molecular formula is C28H28N4O4S. The Morgan fingerprint density at radius 2 is 1.49 bits per heavy atom. The van der Waals surface area contributed by atoms with E-state index < -0.39 is 0 Å². The highest BCUT2D eigenvalue weighted by molar-refractivity contribution is 7.18. The van der Waals surface area contributed by atoms with Gasteiger partial charge in [-0.25, -0.2) is 0 Å². The average Bonchev–Trinajstić information content (AvgIpc) is 3.40. The van der Waals surface area contributed by atoms with Crippen LogP contribution in [0, 0.1) is 0 Å². The van der Waals surface area contributed by atoms with Crippen LogP contribution in [0.1, 0.15) is 17.5 Å². The van der Waals surface area contributed by atoms with Gasteiger partial charge in [-0.15, -0.1) is 10.2 Å². The first-order valence-electron chi connectivity index (χ1n) is 11.8. The van der Waals surface area contributed by atoms with Gasteiger partial charge in [0.25, 0.3) is 0 Å². The lowest BCUT2D eigenvalue weighted by Gasteiger charge is -2.23. The number of nitrogens with zero attached hydrogens (tertiary/aromatic N) is 3. The van der Waals surface area contributed by atoms with Gasteiger partial charge in [-0.2, -0.15) is 0 Å². The Kier molecular flexibility index (Phi) is 8.83. The van der Waals surface area contributed by atoms with E-state index in [0.717, 1.165) is 28.2 Å². The maximum Gasteiger partial charge on any atom is 0.227 e. The van der Waals surface area contributed by atoms with Gasteiger partial charge in [0.1, 0.15) is 16.5 Å². The van der Waals surface area contributed by atoms with Gasteiger partial charge in [0, 0.05) is 25.1 Å². The van der Waals surface area contributed by atoms with E-state index >= 15 is 0 Å². The topological polar surface area (TPSA) is 93.7 Å². The number of carbonyl (C=O) groups is 2. The molecule has 2 amide bonds. The molecule has 4 aromatic rings. The third kappa shape index (κ3) is 7.37. The number of ether oxygens (including phenoxy) is 2. The lowest BCUT2D eigenvalue weighted by molar-refractivity contribution is -0.131. The summed E-state index contributed by atoms with van der Waals surface area (Å²) in [5, 5.41) is 12.2. The van der Waals surface area contributed by atoms with Crippen molar-refractivity contribution < 1.29 is 19.1 Å². The van der Waals surface area contributed by atoms with Gasteiger partial charge < -0.3 is 19.7 Å². The summed E-state index contributed by atoms with van der Waals surface area (Å²) in [6.45, 7) is 0.698. The molecule has 1 heterocycles. The number of hydrogen-bond donors (Lipinski definition) is 1. The summed E-state index contributed by atoms with van der Waals surface area (Å²) in [4.78, 5) is 27.6. The first-order chi connectivity index (χ1) is 18.0. The quantitative estimate of drug-likeness (QED) is 0.307. The van der Waals surface area contributed by atoms with Crippen molar-refractivity contribution in [1.82, 2.24) is 15.1 Å². The highest BCUT2D eigenvalue weighted by atomic mass is 32.1. The number of carbonyl (C=O) groups excluding carboxylic acids is 2. The number of hydrogen-bond acceptors (Lipinski definition) is 7. The fourth-order valence-electron chi connectivity index (χ4n) is 3.67. The first-order valence-corrected chi connectivity index (χ1v) is 12.6. The molecule has 0 aliphatic rings. The van der Waals surface area contributed by atoms with Crippen molar-refractivity contribution in [3.8, 4) is 22.1 Å². The van der Waals surface area contributed by atoms with Crippen molar-refractivity contribution in [1.29, 1.82) is 0 Å². The third-order valence-corrected chi connectivity index (χ3v) is 6.59. The molecule has 0 fully saturated rings. The van der Waals surface area contributed by atoms with E-state index in [1.165, 1.54) is 11.3 Å². The van der Waals surface area contributed by atoms with Crippen molar-refractivity contribution in [2.75, 3.05) is 26.1 Å². The van der Waals surface area contributed by atoms with Crippen molar-refractivity contribution in [3.63, 3.8) is 0 Å². The number of rotatable bonds is 11. The summed E-state index contributed by atoms with van der Waals surface area (Å²) >= 11 is 1.29. The van der Waals surface area contributed by atoms with Crippen LogP contribution in [0.4, 0.5) is 5.13 Å². The van der Waals surface area contributed by atoms with Gasteiger partial charge in [0.05, 0.1) is 20.6 Å². The van der Waals surface area contributed by atoms with E-state index in [9.17, 15) is 9.59 Å². The first kappa shape index (κ1) is 25.8. The Morgan fingerprint density at radius 3 is 2.14 bits per heavy atom. The van der Waals surface area contributed by atoms with Crippen LogP contribution in [-0.2, 0) is 22.6 Å². The van der Waals surface area contributed by atoms with Crippen molar-refractivity contribution in [3.05, 3.63) is 90.0 Å². The molecule has 4 rings (SSSR count). The molecule has 8 nitrogen and oxygen atoms in total. The number of methoxy groups -OCH3 is 2. The van der Waals surface area contributed by atoms with E-state index in [1.54, 1.807) is 19.1 Å². The van der Waals surface area contributed by atoms with Crippen LogP contribution >= 0.6 is 11.3 Å². The predicted molar refractivity (Wildman–Crippen MR) is 144 cm³/mol. The van der Waals surface area contributed by atoms with Crippen LogP contribution in [0.3, 0.4) is 0 Å². The van der Waals surface area contributed by atoms with Crippen molar-refractivity contribution in [2.45, 2.75) is 19.4 Å². The Hall–Kier alpha value is -4.24. The predicted octanol–water partition coefficient (Wildman–Crippen LogP) is 4.82. The normalized spacial score (nSPS) is 10.5. The van der Waals surface area contributed by atoms with E-state index in [0.29, 0.717) is 16.7 Å². The molecule has 9 heteroatoms. The molecule has 0 unspecified atom stereocenters. The second-order valence-corrected chi connectivity index (χ2v) is 9.24. The van der Waals surface area contributed by atoms with Crippen LogP contribution in [0.25, 0.3) is 10.6 Å². The second kappa shape index (κ2) is 12.6. The Morgan fingerprint density at radius 1 is 0.838 bits per heavy atom. The molecule has 0 bridgehead atoms. The summed E-state index contributed by atoms with van der Waals surface area (Å²) in [6, 6.07) is 24.6. The van der Waals surface area contributed by atoms with E-state index in [1.807, 2.05) is 78.9 Å². The van der Waals surface area contributed by atoms with Gasteiger partial charge in [0.15, 0.2) is 0 Å². The van der Waals surface area contributed by atoms with E-state index in [4.69, 9.17) is 9.47 Å². The van der Waals surface area contributed by atoms with Crippen LogP contribution in [-0.4, -0.2) is 47.7 Å². The van der Waals surface area contributed by atoms with Crippen molar-refractivity contribution >= 4 is 28.3 Å². The molecule has 190 valence electrons. The molecule has 0 aliphatic carbocycles. The standard InChI is InChI=1S/C28H28N4O4S/c1-35-23-12-8-20(9-13-23)18-26(34)32(19-21-6-4-3-5-7-21)17-16-25(33)29-28-31-30-27(37-28)22-10-14-24(36-2)15-11-22/h3-15H,16-19H2,1-2H3,(H,29,31,33). The number of nitrogens with one attached hydrogen (secondary N) is 1. The smallest absolute Gasteiger partial charge is 0.227 e. The molecule has 0 radical (unpaired) electrons. The van der Waals surface area contributed by atoms with Crippen LogP contribution < -0.4 is 14.8 Å². The summed E-state index contributed by atoms with van der Waals surface area (Å²) in [5.74, 6) is 1.21.